The smallest absolute Gasteiger partial charge is 0.229 e. The SMILES string of the molecule is Cc1cc(NC(=O)[C@@H]2CC(=O)N[C@H](C)C2)n(-c2cccc(Br)c2)n1. The van der Waals surface area contributed by atoms with Crippen LogP contribution in [0.5, 0.6) is 0 Å². The Hall–Kier alpha value is -2.15. The van der Waals surface area contributed by atoms with E-state index in [1.54, 1.807) is 4.68 Å². The van der Waals surface area contributed by atoms with Crippen molar-refractivity contribution in [3.8, 4) is 5.69 Å². The Labute approximate surface area is 148 Å². The molecule has 0 saturated carbocycles. The molecular formula is C17H19BrN4O2. The van der Waals surface area contributed by atoms with Crippen molar-refractivity contribution in [3.05, 3.63) is 40.5 Å². The Morgan fingerprint density at radius 1 is 1.42 bits per heavy atom. The maximum absolute atomic E-state index is 12.6. The van der Waals surface area contributed by atoms with Crippen LogP contribution < -0.4 is 10.6 Å². The summed E-state index contributed by atoms with van der Waals surface area (Å²) in [4.78, 5) is 24.2. The Morgan fingerprint density at radius 2 is 2.21 bits per heavy atom. The van der Waals surface area contributed by atoms with Gasteiger partial charge in [-0.2, -0.15) is 5.10 Å². The van der Waals surface area contributed by atoms with Crippen molar-refractivity contribution in [2.24, 2.45) is 5.92 Å². The van der Waals surface area contributed by atoms with E-state index in [-0.39, 0.29) is 30.2 Å². The first-order valence-corrected chi connectivity index (χ1v) is 8.64. The number of aromatic nitrogens is 2. The Kier molecular flexibility index (Phi) is 4.71. The molecule has 1 aliphatic heterocycles. The zero-order valence-corrected chi connectivity index (χ0v) is 15.1. The van der Waals surface area contributed by atoms with Crippen LogP contribution in [-0.4, -0.2) is 27.6 Å². The molecule has 0 aliphatic carbocycles. The van der Waals surface area contributed by atoms with Crippen LogP contribution in [0.3, 0.4) is 0 Å². The summed E-state index contributed by atoms with van der Waals surface area (Å²) in [6, 6.07) is 9.53. The van der Waals surface area contributed by atoms with Gasteiger partial charge in [0, 0.05) is 28.9 Å². The van der Waals surface area contributed by atoms with Crippen LogP contribution in [0.2, 0.25) is 0 Å². The van der Waals surface area contributed by atoms with Gasteiger partial charge in [-0.1, -0.05) is 22.0 Å². The molecule has 6 nitrogen and oxygen atoms in total. The van der Waals surface area contributed by atoms with Crippen LogP contribution >= 0.6 is 15.9 Å². The maximum atomic E-state index is 12.6. The van der Waals surface area contributed by atoms with Gasteiger partial charge in [0.05, 0.1) is 11.4 Å². The zero-order valence-electron chi connectivity index (χ0n) is 13.5. The van der Waals surface area contributed by atoms with Gasteiger partial charge in [-0.3, -0.25) is 9.59 Å². The number of halogens is 1. The monoisotopic (exact) mass is 390 g/mol. The van der Waals surface area contributed by atoms with E-state index in [0.29, 0.717) is 12.2 Å². The Bertz CT molecular complexity index is 787. The summed E-state index contributed by atoms with van der Waals surface area (Å²) >= 11 is 3.44. The van der Waals surface area contributed by atoms with Crippen molar-refractivity contribution < 1.29 is 9.59 Å². The molecule has 0 radical (unpaired) electrons. The molecule has 2 heterocycles. The number of carbonyl (C=O) groups excluding carboxylic acids is 2. The van der Waals surface area contributed by atoms with E-state index in [2.05, 4.69) is 31.7 Å². The Morgan fingerprint density at radius 3 is 2.92 bits per heavy atom. The minimum Gasteiger partial charge on any atom is -0.354 e. The van der Waals surface area contributed by atoms with Gasteiger partial charge in [0.1, 0.15) is 5.82 Å². The van der Waals surface area contributed by atoms with Crippen LogP contribution in [0.1, 0.15) is 25.5 Å². The van der Waals surface area contributed by atoms with Crippen LogP contribution in [-0.2, 0) is 9.59 Å². The number of rotatable bonds is 3. The molecule has 24 heavy (non-hydrogen) atoms. The molecule has 1 aromatic heterocycles. The molecule has 1 saturated heterocycles. The minimum absolute atomic E-state index is 0.0127. The number of nitrogens with zero attached hydrogens (tertiary/aromatic N) is 2. The standard InChI is InChI=1S/C17H19BrN4O2/c1-10-6-12(8-16(23)19-10)17(24)20-15-7-11(2)21-22(15)14-5-3-4-13(18)9-14/h3-5,7,9-10,12H,6,8H2,1-2H3,(H,19,23)(H,20,24)/t10-,12+/m1/s1. The zero-order chi connectivity index (χ0) is 17.3. The lowest BCUT2D eigenvalue weighted by Gasteiger charge is -2.26. The molecule has 1 fully saturated rings. The van der Waals surface area contributed by atoms with Crippen LogP contribution in [0.4, 0.5) is 5.82 Å². The van der Waals surface area contributed by atoms with Crippen molar-refractivity contribution >= 4 is 33.6 Å². The highest BCUT2D eigenvalue weighted by atomic mass is 79.9. The molecule has 2 N–H and O–H groups in total. The first kappa shape index (κ1) is 16.7. The number of benzene rings is 1. The number of piperidine rings is 1. The highest BCUT2D eigenvalue weighted by Gasteiger charge is 2.29. The summed E-state index contributed by atoms with van der Waals surface area (Å²) in [7, 11) is 0. The lowest BCUT2D eigenvalue weighted by Crippen LogP contribution is -2.44. The van der Waals surface area contributed by atoms with Gasteiger partial charge in [-0.25, -0.2) is 4.68 Å². The second-order valence-electron chi connectivity index (χ2n) is 6.16. The topological polar surface area (TPSA) is 76.0 Å². The van der Waals surface area contributed by atoms with E-state index < -0.39 is 0 Å². The van der Waals surface area contributed by atoms with Gasteiger partial charge in [0.15, 0.2) is 0 Å². The molecule has 2 aromatic rings. The van der Waals surface area contributed by atoms with Crippen molar-refractivity contribution in [2.45, 2.75) is 32.7 Å². The fourth-order valence-corrected chi connectivity index (χ4v) is 3.33. The molecule has 3 rings (SSSR count). The first-order chi connectivity index (χ1) is 11.4. The lowest BCUT2D eigenvalue weighted by atomic mass is 9.92. The Balaban J connectivity index is 1.83. The summed E-state index contributed by atoms with van der Waals surface area (Å²) in [5.74, 6) is 0.0626. The van der Waals surface area contributed by atoms with E-state index in [4.69, 9.17) is 0 Å². The molecular weight excluding hydrogens is 372 g/mol. The van der Waals surface area contributed by atoms with Gasteiger partial charge in [0.25, 0.3) is 0 Å². The molecule has 0 unspecified atom stereocenters. The van der Waals surface area contributed by atoms with Crippen molar-refractivity contribution in [1.82, 2.24) is 15.1 Å². The lowest BCUT2D eigenvalue weighted by molar-refractivity contribution is -0.130. The van der Waals surface area contributed by atoms with Crippen molar-refractivity contribution in [2.75, 3.05) is 5.32 Å². The number of carbonyl (C=O) groups is 2. The second-order valence-corrected chi connectivity index (χ2v) is 7.07. The number of anilines is 1. The number of hydrogen-bond acceptors (Lipinski definition) is 3. The number of amides is 2. The molecule has 2 amide bonds. The summed E-state index contributed by atoms with van der Waals surface area (Å²) in [5.41, 5.74) is 1.66. The quantitative estimate of drug-likeness (QED) is 0.845. The molecule has 1 aliphatic rings. The molecule has 0 spiro atoms. The summed E-state index contributed by atoms with van der Waals surface area (Å²) in [6.07, 6.45) is 0.863. The molecule has 2 atom stereocenters. The summed E-state index contributed by atoms with van der Waals surface area (Å²) in [5, 5.41) is 10.2. The van der Waals surface area contributed by atoms with E-state index in [0.717, 1.165) is 15.9 Å². The van der Waals surface area contributed by atoms with E-state index in [9.17, 15) is 9.59 Å². The maximum Gasteiger partial charge on any atom is 0.229 e. The highest BCUT2D eigenvalue weighted by molar-refractivity contribution is 9.10. The number of hydrogen-bond donors (Lipinski definition) is 2. The molecule has 1 aromatic carbocycles. The van der Waals surface area contributed by atoms with Gasteiger partial charge < -0.3 is 10.6 Å². The van der Waals surface area contributed by atoms with Crippen LogP contribution in [0.15, 0.2) is 34.8 Å². The molecule has 0 bridgehead atoms. The predicted molar refractivity (Wildman–Crippen MR) is 95.0 cm³/mol. The first-order valence-electron chi connectivity index (χ1n) is 7.85. The average molecular weight is 391 g/mol. The largest absolute Gasteiger partial charge is 0.354 e. The van der Waals surface area contributed by atoms with E-state index in [1.165, 1.54) is 0 Å². The van der Waals surface area contributed by atoms with Crippen molar-refractivity contribution in [3.63, 3.8) is 0 Å². The summed E-state index contributed by atoms with van der Waals surface area (Å²) < 4.78 is 2.63. The van der Waals surface area contributed by atoms with Gasteiger partial charge in [-0.05, 0) is 38.5 Å². The molecule has 126 valence electrons. The highest BCUT2D eigenvalue weighted by Crippen LogP contribution is 2.23. The third kappa shape index (κ3) is 3.67. The number of aryl methyl sites for hydroxylation is 1. The third-order valence-electron chi connectivity index (χ3n) is 3.98. The van der Waals surface area contributed by atoms with E-state index >= 15 is 0 Å². The van der Waals surface area contributed by atoms with Gasteiger partial charge in [-0.15, -0.1) is 0 Å². The minimum atomic E-state index is -0.320. The average Bonchev–Trinajstić information content (AvgIpc) is 2.87. The third-order valence-corrected chi connectivity index (χ3v) is 4.48. The fraction of sp³-hybridized carbons (Fsp3) is 0.353. The van der Waals surface area contributed by atoms with E-state index in [1.807, 2.05) is 44.2 Å². The predicted octanol–water partition coefficient (Wildman–Crippen LogP) is 2.80. The van der Waals surface area contributed by atoms with Crippen molar-refractivity contribution in [1.29, 1.82) is 0 Å². The second kappa shape index (κ2) is 6.76. The number of nitrogens with one attached hydrogen (secondary N) is 2. The van der Waals surface area contributed by atoms with Gasteiger partial charge >= 0.3 is 0 Å². The van der Waals surface area contributed by atoms with Gasteiger partial charge in [0.2, 0.25) is 11.8 Å². The summed E-state index contributed by atoms with van der Waals surface area (Å²) in [6.45, 7) is 3.79. The normalized spacial score (nSPS) is 20.5. The molecule has 7 heteroatoms. The van der Waals surface area contributed by atoms with Crippen LogP contribution in [0.25, 0.3) is 5.69 Å². The van der Waals surface area contributed by atoms with Crippen LogP contribution in [0, 0.1) is 12.8 Å². The fourth-order valence-electron chi connectivity index (χ4n) is 2.95.